The lowest BCUT2D eigenvalue weighted by atomic mass is 10.2. The molecule has 2 rings (SSSR count). The maximum absolute atomic E-state index is 13.9. The molecule has 0 bridgehead atoms. The Morgan fingerprint density at radius 1 is 1.25 bits per heavy atom. The summed E-state index contributed by atoms with van der Waals surface area (Å²) < 4.78 is 14.5. The van der Waals surface area contributed by atoms with Crippen LogP contribution in [-0.4, -0.2) is 17.0 Å². The summed E-state index contributed by atoms with van der Waals surface area (Å²) in [6, 6.07) is 4.83. The number of nitrogens with one attached hydrogen (secondary N) is 2. The van der Waals surface area contributed by atoms with E-state index in [0.29, 0.717) is 28.2 Å². The minimum absolute atomic E-state index is 0.332. The molecular weight excluding hydrogens is 323 g/mol. The molecule has 0 aliphatic carbocycles. The van der Waals surface area contributed by atoms with Gasteiger partial charge in [-0.05, 0) is 35.0 Å². The summed E-state index contributed by atoms with van der Waals surface area (Å²) in [5.41, 5.74) is 1.22. The number of para-hydroxylation sites is 1. The van der Waals surface area contributed by atoms with Gasteiger partial charge in [0.2, 0.25) is 0 Å². The van der Waals surface area contributed by atoms with Crippen LogP contribution in [0.25, 0.3) is 0 Å². The molecule has 0 saturated carbocycles. The molecule has 4 nitrogen and oxygen atoms in total. The number of hydrogen-bond acceptors (Lipinski definition) is 4. The minimum Gasteiger partial charge on any atom is -0.373 e. The summed E-state index contributed by atoms with van der Waals surface area (Å²) >= 11 is 3.34. The second-order valence-corrected chi connectivity index (χ2v) is 5.14. The van der Waals surface area contributed by atoms with Gasteiger partial charge in [0, 0.05) is 23.5 Å². The third-order valence-corrected chi connectivity index (χ3v) is 3.61. The summed E-state index contributed by atoms with van der Waals surface area (Å²) in [7, 11) is 1.80. The zero-order chi connectivity index (χ0) is 14.7. The summed E-state index contributed by atoms with van der Waals surface area (Å²) in [4.78, 5) is 8.82. The Morgan fingerprint density at radius 3 is 2.55 bits per heavy atom. The van der Waals surface area contributed by atoms with Crippen molar-refractivity contribution in [2.24, 2.45) is 0 Å². The van der Waals surface area contributed by atoms with Gasteiger partial charge in [-0.15, -0.1) is 0 Å². The zero-order valence-corrected chi connectivity index (χ0v) is 13.2. The molecule has 0 aliphatic heterocycles. The van der Waals surface area contributed by atoms with Gasteiger partial charge in [0.25, 0.3) is 0 Å². The maximum atomic E-state index is 13.9. The van der Waals surface area contributed by atoms with Crippen molar-refractivity contribution in [3.05, 3.63) is 39.9 Å². The van der Waals surface area contributed by atoms with Gasteiger partial charge in [0.1, 0.15) is 23.3 Å². The average molecular weight is 339 g/mol. The highest BCUT2D eigenvalue weighted by Gasteiger charge is 2.13. The first-order chi connectivity index (χ1) is 9.56. The van der Waals surface area contributed by atoms with Crippen LogP contribution in [0.3, 0.4) is 0 Å². The smallest absolute Gasteiger partial charge is 0.147 e. The zero-order valence-electron chi connectivity index (χ0n) is 11.6. The SMILES string of the molecule is CCc1nc(NC)c(C)c(Nc2c(F)cccc2Br)n1. The van der Waals surface area contributed by atoms with Crippen molar-refractivity contribution < 1.29 is 4.39 Å². The fourth-order valence-corrected chi connectivity index (χ4v) is 2.26. The first kappa shape index (κ1) is 14.7. The quantitative estimate of drug-likeness (QED) is 0.883. The predicted octanol–water partition coefficient (Wildman–Crippen LogP) is 4.03. The van der Waals surface area contributed by atoms with Crippen LogP contribution in [-0.2, 0) is 6.42 Å². The highest BCUT2D eigenvalue weighted by Crippen LogP contribution is 2.30. The van der Waals surface area contributed by atoms with E-state index in [4.69, 9.17) is 0 Å². The third-order valence-electron chi connectivity index (χ3n) is 2.95. The second-order valence-electron chi connectivity index (χ2n) is 4.29. The number of halogens is 2. The summed E-state index contributed by atoms with van der Waals surface area (Å²) in [5.74, 6) is 1.72. The fourth-order valence-electron chi connectivity index (χ4n) is 1.82. The summed E-state index contributed by atoms with van der Waals surface area (Å²) in [5, 5.41) is 6.07. The van der Waals surface area contributed by atoms with Gasteiger partial charge in [0.05, 0.1) is 5.69 Å². The Morgan fingerprint density at radius 2 is 1.95 bits per heavy atom. The predicted molar refractivity (Wildman–Crippen MR) is 83.1 cm³/mol. The maximum Gasteiger partial charge on any atom is 0.147 e. The molecule has 2 aromatic rings. The first-order valence-electron chi connectivity index (χ1n) is 6.33. The number of anilines is 3. The van der Waals surface area contributed by atoms with Crippen LogP contribution in [0.15, 0.2) is 22.7 Å². The van der Waals surface area contributed by atoms with Crippen LogP contribution < -0.4 is 10.6 Å². The molecule has 1 aromatic carbocycles. The number of hydrogen-bond donors (Lipinski definition) is 2. The summed E-state index contributed by atoms with van der Waals surface area (Å²) in [6.07, 6.45) is 0.710. The van der Waals surface area contributed by atoms with E-state index in [2.05, 4.69) is 36.5 Å². The van der Waals surface area contributed by atoms with E-state index in [1.807, 2.05) is 13.8 Å². The highest BCUT2D eigenvalue weighted by molar-refractivity contribution is 9.10. The molecule has 0 radical (unpaired) electrons. The van der Waals surface area contributed by atoms with Gasteiger partial charge < -0.3 is 10.6 Å². The van der Waals surface area contributed by atoms with Gasteiger partial charge in [-0.25, -0.2) is 14.4 Å². The van der Waals surface area contributed by atoms with Gasteiger partial charge in [-0.2, -0.15) is 0 Å². The van der Waals surface area contributed by atoms with Crippen LogP contribution in [0.4, 0.5) is 21.7 Å². The van der Waals surface area contributed by atoms with Crippen molar-refractivity contribution in [2.45, 2.75) is 20.3 Å². The molecule has 0 atom stereocenters. The van der Waals surface area contributed by atoms with Crippen LogP contribution in [0.5, 0.6) is 0 Å². The Balaban J connectivity index is 2.48. The van der Waals surface area contributed by atoms with Gasteiger partial charge in [-0.3, -0.25) is 0 Å². The molecule has 0 unspecified atom stereocenters. The molecular formula is C14H16BrFN4. The van der Waals surface area contributed by atoms with Crippen molar-refractivity contribution in [3.63, 3.8) is 0 Å². The van der Waals surface area contributed by atoms with Gasteiger partial charge >= 0.3 is 0 Å². The Hall–Kier alpha value is -1.69. The van der Waals surface area contributed by atoms with Crippen molar-refractivity contribution in [1.82, 2.24) is 9.97 Å². The molecule has 1 heterocycles. The Labute approximate surface area is 126 Å². The normalized spacial score (nSPS) is 10.4. The number of benzene rings is 1. The lowest BCUT2D eigenvalue weighted by Gasteiger charge is -2.14. The van der Waals surface area contributed by atoms with Crippen LogP contribution in [0.2, 0.25) is 0 Å². The molecule has 1 aromatic heterocycles. The van der Waals surface area contributed by atoms with Crippen LogP contribution in [0.1, 0.15) is 18.3 Å². The van der Waals surface area contributed by atoms with E-state index in [1.54, 1.807) is 19.2 Å². The van der Waals surface area contributed by atoms with Crippen molar-refractivity contribution in [3.8, 4) is 0 Å². The standard InChI is InChI=1S/C14H16BrFN4/c1-4-11-18-13(17-3)8(2)14(19-11)20-12-9(15)6-5-7-10(12)16/h5-7H,4H2,1-3H3,(H2,17,18,19,20). The number of nitrogens with zero attached hydrogens (tertiary/aromatic N) is 2. The third kappa shape index (κ3) is 2.90. The van der Waals surface area contributed by atoms with E-state index >= 15 is 0 Å². The summed E-state index contributed by atoms with van der Waals surface area (Å²) in [6.45, 7) is 3.87. The fraction of sp³-hybridized carbons (Fsp3) is 0.286. The minimum atomic E-state index is -0.332. The van der Waals surface area contributed by atoms with Crippen LogP contribution >= 0.6 is 15.9 Å². The molecule has 2 N–H and O–H groups in total. The Bertz CT molecular complexity index is 611. The molecule has 20 heavy (non-hydrogen) atoms. The molecule has 0 fully saturated rings. The Kier molecular flexibility index (Phi) is 4.54. The van der Waals surface area contributed by atoms with Crippen molar-refractivity contribution in [1.29, 1.82) is 0 Å². The second kappa shape index (κ2) is 6.17. The molecule has 6 heteroatoms. The van der Waals surface area contributed by atoms with Gasteiger partial charge in [-0.1, -0.05) is 13.0 Å². The number of aryl methyl sites for hydroxylation is 1. The van der Waals surface area contributed by atoms with Gasteiger partial charge in [0.15, 0.2) is 0 Å². The monoisotopic (exact) mass is 338 g/mol. The molecule has 0 amide bonds. The van der Waals surface area contributed by atoms with E-state index in [1.165, 1.54) is 6.07 Å². The van der Waals surface area contributed by atoms with Crippen molar-refractivity contribution >= 4 is 33.3 Å². The van der Waals surface area contributed by atoms with E-state index in [0.717, 1.165) is 11.4 Å². The van der Waals surface area contributed by atoms with Crippen molar-refractivity contribution in [2.75, 3.05) is 17.7 Å². The highest BCUT2D eigenvalue weighted by atomic mass is 79.9. The number of rotatable bonds is 4. The van der Waals surface area contributed by atoms with E-state index in [9.17, 15) is 4.39 Å². The lowest BCUT2D eigenvalue weighted by Crippen LogP contribution is -2.07. The average Bonchev–Trinajstić information content (AvgIpc) is 2.44. The number of aromatic nitrogens is 2. The molecule has 106 valence electrons. The molecule has 0 saturated heterocycles. The molecule has 0 aliphatic rings. The molecule has 0 spiro atoms. The first-order valence-corrected chi connectivity index (χ1v) is 7.12. The van der Waals surface area contributed by atoms with E-state index < -0.39 is 0 Å². The largest absolute Gasteiger partial charge is 0.373 e. The topological polar surface area (TPSA) is 49.8 Å². The van der Waals surface area contributed by atoms with E-state index in [-0.39, 0.29) is 5.82 Å². The van der Waals surface area contributed by atoms with Crippen LogP contribution in [0, 0.1) is 12.7 Å². The lowest BCUT2D eigenvalue weighted by molar-refractivity contribution is 0.631.